The Bertz CT molecular complexity index is 195. The summed E-state index contributed by atoms with van der Waals surface area (Å²) in [5.41, 5.74) is 5.93. The van der Waals surface area contributed by atoms with Gasteiger partial charge in [-0.1, -0.05) is 0 Å². The molecule has 0 aromatic rings. The number of hydrogen-bond donors (Lipinski definition) is 1. The van der Waals surface area contributed by atoms with Crippen molar-refractivity contribution in [1.29, 1.82) is 0 Å². The summed E-state index contributed by atoms with van der Waals surface area (Å²) in [4.78, 5) is 2.40. The highest BCUT2D eigenvalue weighted by Gasteiger charge is 2.18. The number of likely N-dealkylation sites (tertiary alicyclic amines) is 1. The predicted octanol–water partition coefficient (Wildman–Crippen LogP) is 0.953. The van der Waals surface area contributed by atoms with E-state index in [1.165, 1.54) is 32.2 Å². The maximum atomic E-state index is 5.93. The SMILES string of the molecule is N[C@H]1CCCN(CCO[C@@H]2CCCCO2)C1. The molecule has 0 amide bonds. The lowest BCUT2D eigenvalue weighted by molar-refractivity contribution is -0.164. The number of hydrogen-bond acceptors (Lipinski definition) is 4. The topological polar surface area (TPSA) is 47.7 Å². The number of rotatable bonds is 4. The molecule has 0 spiro atoms. The molecule has 2 heterocycles. The normalized spacial score (nSPS) is 32.8. The van der Waals surface area contributed by atoms with Gasteiger partial charge in [0.1, 0.15) is 0 Å². The second kappa shape index (κ2) is 6.55. The first kappa shape index (κ1) is 12.3. The molecule has 2 atom stereocenters. The van der Waals surface area contributed by atoms with Gasteiger partial charge in [-0.2, -0.15) is 0 Å². The Labute approximate surface area is 98.1 Å². The van der Waals surface area contributed by atoms with Crippen LogP contribution in [0.3, 0.4) is 0 Å². The molecule has 4 heteroatoms. The lowest BCUT2D eigenvalue weighted by Gasteiger charge is -2.31. The zero-order chi connectivity index (χ0) is 11.2. The largest absolute Gasteiger partial charge is 0.353 e. The highest BCUT2D eigenvalue weighted by atomic mass is 16.7. The maximum Gasteiger partial charge on any atom is 0.157 e. The third kappa shape index (κ3) is 4.01. The van der Waals surface area contributed by atoms with E-state index in [0.717, 1.165) is 32.7 Å². The molecule has 94 valence electrons. The van der Waals surface area contributed by atoms with Crippen LogP contribution in [-0.4, -0.2) is 50.1 Å². The molecule has 0 bridgehead atoms. The summed E-state index contributed by atoms with van der Waals surface area (Å²) in [6.07, 6.45) is 5.91. The van der Waals surface area contributed by atoms with Crippen molar-refractivity contribution in [3.05, 3.63) is 0 Å². The van der Waals surface area contributed by atoms with Gasteiger partial charge in [-0.3, -0.25) is 4.90 Å². The fourth-order valence-electron chi connectivity index (χ4n) is 2.45. The molecule has 0 saturated carbocycles. The van der Waals surface area contributed by atoms with E-state index in [2.05, 4.69) is 4.90 Å². The molecule has 0 aromatic heterocycles. The summed E-state index contributed by atoms with van der Waals surface area (Å²) in [6.45, 7) is 4.82. The van der Waals surface area contributed by atoms with Crippen LogP contribution in [0, 0.1) is 0 Å². The Balaban J connectivity index is 1.56. The van der Waals surface area contributed by atoms with Crippen LogP contribution in [0.25, 0.3) is 0 Å². The second-order valence-electron chi connectivity index (χ2n) is 4.87. The zero-order valence-corrected chi connectivity index (χ0v) is 10.1. The standard InChI is InChI=1S/C12H24N2O2/c13-11-4-3-6-14(10-11)7-9-16-12-5-1-2-8-15-12/h11-12H,1-10,13H2/t11-,12+/m0/s1. The molecule has 2 rings (SSSR count). The van der Waals surface area contributed by atoms with Crippen molar-refractivity contribution in [2.24, 2.45) is 5.73 Å². The molecule has 4 nitrogen and oxygen atoms in total. The summed E-state index contributed by atoms with van der Waals surface area (Å²) >= 11 is 0. The second-order valence-corrected chi connectivity index (χ2v) is 4.87. The summed E-state index contributed by atoms with van der Waals surface area (Å²) in [5, 5.41) is 0. The van der Waals surface area contributed by atoms with Crippen molar-refractivity contribution in [3.8, 4) is 0 Å². The van der Waals surface area contributed by atoms with Crippen LogP contribution in [0.2, 0.25) is 0 Å². The third-order valence-electron chi connectivity index (χ3n) is 3.39. The van der Waals surface area contributed by atoms with Crippen LogP contribution < -0.4 is 5.73 Å². The van der Waals surface area contributed by atoms with E-state index in [-0.39, 0.29) is 6.29 Å². The van der Waals surface area contributed by atoms with Gasteiger partial charge in [0, 0.05) is 25.7 Å². The number of nitrogens with zero attached hydrogens (tertiary/aromatic N) is 1. The zero-order valence-electron chi connectivity index (χ0n) is 10.1. The summed E-state index contributed by atoms with van der Waals surface area (Å²) in [6, 6.07) is 0.361. The first-order chi connectivity index (χ1) is 7.84. The molecule has 0 radical (unpaired) electrons. The molecule has 0 unspecified atom stereocenters. The van der Waals surface area contributed by atoms with Crippen molar-refractivity contribution in [2.45, 2.75) is 44.4 Å². The molecule has 2 fully saturated rings. The Morgan fingerprint density at radius 3 is 2.94 bits per heavy atom. The predicted molar refractivity (Wildman–Crippen MR) is 63.2 cm³/mol. The van der Waals surface area contributed by atoms with Gasteiger partial charge in [-0.05, 0) is 38.6 Å². The minimum Gasteiger partial charge on any atom is -0.353 e. The van der Waals surface area contributed by atoms with Crippen molar-refractivity contribution >= 4 is 0 Å². The van der Waals surface area contributed by atoms with E-state index >= 15 is 0 Å². The van der Waals surface area contributed by atoms with Gasteiger partial charge in [-0.25, -0.2) is 0 Å². The first-order valence-corrected chi connectivity index (χ1v) is 6.56. The molecular weight excluding hydrogens is 204 g/mol. The van der Waals surface area contributed by atoms with Gasteiger partial charge < -0.3 is 15.2 Å². The minimum atomic E-state index is 0.0483. The molecule has 2 N–H and O–H groups in total. The Hall–Kier alpha value is -0.160. The van der Waals surface area contributed by atoms with Gasteiger partial charge in [0.2, 0.25) is 0 Å². The van der Waals surface area contributed by atoms with E-state index in [1.54, 1.807) is 0 Å². The van der Waals surface area contributed by atoms with E-state index in [0.29, 0.717) is 6.04 Å². The van der Waals surface area contributed by atoms with Crippen molar-refractivity contribution in [2.75, 3.05) is 32.8 Å². The lowest BCUT2D eigenvalue weighted by atomic mass is 10.1. The van der Waals surface area contributed by atoms with Crippen LogP contribution in [-0.2, 0) is 9.47 Å². The van der Waals surface area contributed by atoms with Gasteiger partial charge in [0.15, 0.2) is 6.29 Å². The van der Waals surface area contributed by atoms with E-state index in [1.807, 2.05) is 0 Å². The van der Waals surface area contributed by atoms with Gasteiger partial charge in [-0.15, -0.1) is 0 Å². The lowest BCUT2D eigenvalue weighted by Crippen LogP contribution is -2.44. The van der Waals surface area contributed by atoms with Gasteiger partial charge in [0.25, 0.3) is 0 Å². The fourth-order valence-corrected chi connectivity index (χ4v) is 2.45. The van der Waals surface area contributed by atoms with Gasteiger partial charge >= 0.3 is 0 Å². The summed E-state index contributed by atoms with van der Waals surface area (Å²) in [5.74, 6) is 0. The smallest absolute Gasteiger partial charge is 0.157 e. The summed E-state index contributed by atoms with van der Waals surface area (Å²) < 4.78 is 11.2. The Morgan fingerprint density at radius 1 is 1.25 bits per heavy atom. The van der Waals surface area contributed by atoms with E-state index in [4.69, 9.17) is 15.2 Å². The van der Waals surface area contributed by atoms with E-state index in [9.17, 15) is 0 Å². The molecule has 0 aromatic carbocycles. The molecule has 0 aliphatic carbocycles. The number of ether oxygens (including phenoxy) is 2. The maximum absolute atomic E-state index is 5.93. The molecule has 2 saturated heterocycles. The molecular formula is C12H24N2O2. The highest BCUT2D eigenvalue weighted by molar-refractivity contribution is 4.74. The van der Waals surface area contributed by atoms with Crippen LogP contribution in [0.1, 0.15) is 32.1 Å². The van der Waals surface area contributed by atoms with E-state index < -0.39 is 0 Å². The van der Waals surface area contributed by atoms with Crippen LogP contribution in [0.5, 0.6) is 0 Å². The van der Waals surface area contributed by atoms with Gasteiger partial charge in [0.05, 0.1) is 6.61 Å². The average Bonchev–Trinajstić information content (AvgIpc) is 2.30. The first-order valence-electron chi connectivity index (χ1n) is 6.56. The van der Waals surface area contributed by atoms with Crippen molar-refractivity contribution in [3.63, 3.8) is 0 Å². The number of nitrogens with two attached hydrogens (primary N) is 1. The van der Waals surface area contributed by atoms with Crippen LogP contribution >= 0.6 is 0 Å². The van der Waals surface area contributed by atoms with Crippen LogP contribution in [0.15, 0.2) is 0 Å². The monoisotopic (exact) mass is 228 g/mol. The van der Waals surface area contributed by atoms with Crippen molar-refractivity contribution in [1.82, 2.24) is 4.90 Å². The average molecular weight is 228 g/mol. The van der Waals surface area contributed by atoms with Crippen molar-refractivity contribution < 1.29 is 9.47 Å². The third-order valence-corrected chi connectivity index (χ3v) is 3.39. The highest BCUT2D eigenvalue weighted by Crippen LogP contribution is 2.14. The molecule has 16 heavy (non-hydrogen) atoms. The quantitative estimate of drug-likeness (QED) is 0.778. The molecule has 2 aliphatic heterocycles. The summed E-state index contributed by atoms with van der Waals surface area (Å²) in [7, 11) is 0. The minimum absolute atomic E-state index is 0.0483. The molecule has 2 aliphatic rings. The van der Waals surface area contributed by atoms with Crippen LogP contribution in [0.4, 0.5) is 0 Å². The Kier molecular flexibility index (Phi) is 5.03. The fraction of sp³-hybridized carbons (Fsp3) is 1.00. The Morgan fingerprint density at radius 2 is 2.19 bits per heavy atom. The number of piperidine rings is 1.